The fraction of sp³-hybridized carbons (Fsp3) is 0.333. The molecule has 6 nitrogen and oxygen atoms in total. The summed E-state index contributed by atoms with van der Waals surface area (Å²) in [6, 6.07) is 12.7. The largest absolute Gasteiger partial charge is 0.494 e. The molecule has 28 heavy (non-hydrogen) atoms. The van der Waals surface area contributed by atoms with Crippen molar-refractivity contribution in [3.8, 4) is 5.75 Å². The molecule has 0 bridgehead atoms. The molecule has 150 valence electrons. The van der Waals surface area contributed by atoms with Gasteiger partial charge in [0.1, 0.15) is 11.6 Å². The van der Waals surface area contributed by atoms with E-state index in [1.165, 1.54) is 17.0 Å². The molecule has 0 aliphatic carbocycles. The average Bonchev–Trinajstić information content (AvgIpc) is 2.66. The van der Waals surface area contributed by atoms with Crippen molar-refractivity contribution in [1.82, 2.24) is 9.80 Å². The molecule has 2 aromatic carbocycles. The predicted octanol–water partition coefficient (Wildman–Crippen LogP) is 2.87. The molecule has 7 heteroatoms. The summed E-state index contributed by atoms with van der Waals surface area (Å²) >= 11 is 0. The number of carbonyl (C=O) groups is 2. The van der Waals surface area contributed by atoms with Crippen LogP contribution in [-0.2, 0) is 4.79 Å². The van der Waals surface area contributed by atoms with Gasteiger partial charge in [0.25, 0.3) is 5.91 Å². The lowest BCUT2D eigenvalue weighted by molar-refractivity contribution is -0.117. The lowest BCUT2D eigenvalue weighted by atomic mass is 10.2. The van der Waals surface area contributed by atoms with E-state index >= 15 is 0 Å². The van der Waals surface area contributed by atoms with E-state index in [1.54, 1.807) is 50.5 Å². The Bertz CT molecular complexity index is 794. The fourth-order valence-corrected chi connectivity index (χ4v) is 2.57. The van der Waals surface area contributed by atoms with Crippen molar-refractivity contribution in [3.05, 3.63) is 59.9 Å². The van der Waals surface area contributed by atoms with Crippen molar-refractivity contribution in [2.45, 2.75) is 6.42 Å². The third kappa shape index (κ3) is 7.00. The molecule has 0 aliphatic rings. The molecule has 2 rings (SSSR count). The van der Waals surface area contributed by atoms with Crippen molar-refractivity contribution < 1.29 is 18.7 Å². The van der Waals surface area contributed by atoms with Crippen LogP contribution >= 0.6 is 0 Å². The molecule has 0 atom stereocenters. The minimum Gasteiger partial charge on any atom is -0.494 e. The van der Waals surface area contributed by atoms with Crippen LogP contribution in [0.25, 0.3) is 0 Å². The first-order valence-electron chi connectivity index (χ1n) is 9.03. The van der Waals surface area contributed by atoms with Crippen molar-refractivity contribution in [1.29, 1.82) is 0 Å². The van der Waals surface area contributed by atoms with Gasteiger partial charge in [-0.1, -0.05) is 6.07 Å². The highest BCUT2D eigenvalue weighted by molar-refractivity contribution is 5.97. The Kier molecular flexibility index (Phi) is 7.95. The number of carbonyl (C=O) groups excluding carboxylic acids is 2. The third-order valence-electron chi connectivity index (χ3n) is 3.98. The van der Waals surface area contributed by atoms with Gasteiger partial charge in [-0.15, -0.1) is 0 Å². The molecule has 1 N–H and O–H groups in total. The van der Waals surface area contributed by atoms with E-state index in [1.807, 2.05) is 11.9 Å². The monoisotopic (exact) mass is 387 g/mol. The summed E-state index contributed by atoms with van der Waals surface area (Å²) in [7, 11) is 5.22. The van der Waals surface area contributed by atoms with Crippen LogP contribution in [0.1, 0.15) is 16.8 Å². The number of hydrogen-bond donors (Lipinski definition) is 1. The molecule has 0 saturated heterocycles. The van der Waals surface area contributed by atoms with E-state index in [4.69, 9.17) is 4.74 Å². The summed E-state index contributed by atoms with van der Waals surface area (Å²) < 4.78 is 18.4. The highest BCUT2D eigenvalue weighted by Crippen LogP contribution is 2.13. The fourth-order valence-electron chi connectivity index (χ4n) is 2.57. The van der Waals surface area contributed by atoms with Crippen LogP contribution in [0.2, 0.25) is 0 Å². The minimum absolute atomic E-state index is 0.116. The van der Waals surface area contributed by atoms with Gasteiger partial charge in [-0.05, 0) is 55.9 Å². The van der Waals surface area contributed by atoms with Gasteiger partial charge < -0.3 is 15.0 Å². The zero-order valence-corrected chi connectivity index (χ0v) is 16.4. The van der Waals surface area contributed by atoms with Gasteiger partial charge in [-0.3, -0.25) is 14.5 Å². The number of benzene rings is 2. The van der Waals surface area contributed by atoms with E-state index in [0.29, 0.717) is 30.2 Å². The van der Waals surface area contributed by atoms with Crippen LogP contribution in [0.15, 0.2) is 48.5 Å². The van der Waals surface area contributed by atoms with E-state index in [-0.39, 0.29) is 24.2 Å². The molecular formula is C21H26FN3O3. The molecular weight excluding hydrogens is 361 g/mol. The molecule has 0 aliphatic heterocycles. The molecule has 0 fully saturated rings. The van der Waals surface area contributed by atoms with Crippen molar-refractivity contribution in [2.24, 2.45) is 0 Å². The Morgan fingerprint density at radius 2 is 1.79 bits per heavy atom. The maximum Gasteiger partial charge on any atom is 0.253 e. The van der Waals surface area contributed by atoms with E-state index < -0.39 is 0 Å². The lowest BCUT2D eigenvalue weighted by Gasteiger charge is -2.17. The zero-order chi connectivity index (χ0) is 20.5. The van der Waals surface area contributed by atoms with Gasteiger partial charge in [-0.2, -0.15) is 0 Å². The lowest BCUT2D eigenvalue weighted by Crippen LogP contribution is -2.31. The normalized spacial score (nSPS) is 10.6. The smallest absolute Gasteiger partial charge is 0.253 e. The predicted molar refractivity (Wildman–Crippen MR) is 107 cm³/mol. The average molecular weight is 387 g/mol. The summed E-state index contributed by atoms with van der Waals surface area (Å²) in [4.78, 5) is 27.6. The van der Waals surface area contributed by atoms with Gasteiger partial charge >= 0.3 is 0 Å². The Balaban J connectivity index is 1.72. The van der Waals surface area contributed by atoms with Crippen LogP contribution in [0.3, 0.4) is 0 Å². The van der Waals surface area contributed by atoms with Gasteiger partial charge in [0.2, 0.25) is 5.91 Å². The minimum atomic E-state index is -0.297. The van der Waals surface area contributed by atoms with E-state index in [2.05, 4.69) is 5.32 Å². The van der Waals surface area contributed by atoms with Crippen LogP contribution in [0.5, 0.6) is 5.75 Å². The van der Waals surface area contributed by atoms with Gasteiger partial charge in [0, 0.05) is 31.9 Å². The third-order valence-corrected chi connectivity index (χ3v) is 3.98. The molecule has 0 saturated carbocycles. The second kappa shape index (κ2) is 10.4. The molecule has 2 aromatic rings. The van der Waals surface area contributed by atoms with Gasteiger partial charge in [0.15, 0.2) is 0 Å². The van der Waals surface area contributed by atoms with Gasteiger partial charge in [-0.25, -0.2) is 4.39 Å². The summed E-state index contributed by atoms with van der Waals surface area (Å²) in [5.74, 6) is 0.0504. The summed E-state index contributed by atoms with van der Waals surface area (Å²) in [5, 5.41) is 2.81. The molecule has 0 radical (unpaired) electrons. The molecule has 0 aromatic heterocycles. The Labute approximate surface area is 164 Å². The van der Waals surface area contributed by atoms with Crippen LogP contribution in [0.4, 0.5) is 10.1 Å². The van der Waals surface area contributed by atoms with E-state index in [0.717, 1.165) is 6.42 Å². The Hall–Kier alpha value is -2.93. The SMILES string of the molecule is CN(CCCOc1ccc(F)cc1)CC(=O)Nc1cccc(C(=O)N(C)C)c1. The number of anilines is 1. The number of nitrogens with one attached hydrogen (secondary N) is 1. The quantitative estimate of drug-likeness (QED) is 0.672. The topological polar surface area (TPSA) is 61.9 Å². The molecule has 0 unspecified atom stereocenters. The Morgan fingerprint density at radius 1 is 1.07 bits per heavy atom. The summed E-state index contributed by atoms with van der Waals surface area (Å²) in [5.41, 5.74) is 1.11. The van der Waals surface area contributed by atoms with Crippen LogP contribution in [-0.4, -0.2) is 62.5 Å². The number of nitrogens with zero attached hydrogens (tertiary/aromatic N) is 2. The highest BCUT2D eigenvalue weighted by atomic mass is 19.1. The van der Waals surface area contributed by atoms with Crippen molar-refractivity contribution >= 4 is 17.5 Å². The number of ether oxygens (including phenoxy) is 1. The Morgan fingerprint density at radius 3 is 2.46 bits per heavy atom. The van der Waals surface area contributed by atoms with E-state index in [9.17, 15) is 14.0 Å². The second-order valence-corrected chi connectivity index (χ2v) is 6.72. The van der Waals surface area contributed by atoms with Gasteiger partial charge in [0.05, 0.1) is 13.2 Å². The maximum atomic E-state index is 12.8. The van der Waals surface area contributed by atoms with Crippen molar-refractivity contribution in [2.75, 3.05) is 46.2 Å². The number of likely N-dealkylation sites (N-methyl/N-ethyl adjacent to an activating group) is 1. The molecule has 0 heterocycles. The number of amides is 2. The number of halogens is 1. The standard InChI is InChI=1S/C21H26FN3O3/c1-24(2)21(27)16-6-4-7-18(14-16)23-20(26)15-25(3)12-5-13-28-19-10-8-17(22)9-11-19/h4,6-11,14H,5,12-13,15H2,1-3H3,(H,23,26). The first-order valence-corrected chi connectivity index (χ1v) is 9.03. The number of hydrogen-bond acceptors (Lipinski definition) is 4. The van der Waals surface area contributed by atoms with Crippen LogP contribution in [0, 0.1) is 5.82 Å². The summed E-state index contributed by atoms with van der Waals surface area (Å²) in [6.45, 7) is 1.38. The first-order chi connectivity index (χ1) is 13.3. The van der Waals surface area contributed by atoms with Crippen molar-refractivity contribution in [3.63, 3.8) is 0 Å². The second-order valence-electron chi connectivity index (χ2n) is 6.72. The summed E-state index contributed by atoms with van der Waals surface area (Å²) in [6.07, 6.45) is 0.730. The maximum absolute atomic E-state index is 12.8. The number of rotatable bonds is 9. The molecule has 0 spiro atoms. The zero-order valence-electron chi connectivity index (χ0n) is 16.4. The van der Waals surface area contributed by atoms with Crippen LogP contribution < -0.4 is 10.1 Å². The molecule has 2 amide bonds. The highest BCUT2D eigenvalue weighted by Gasteiger charge is 2.11. The first kappa shape index (κ1) is 21.4.